The molecule has 0 aliphatic carbocycles. The number of hydrogen-bond acceptors (Lipinski definition) is 5. The van der Waals surface area contributed by atoms with E-state index in [9.17, 15) is 4.79 Å². The SMILES string of the molecule is CC(C)COC(=O)Nc1nc2c(s1)CNCC2. The van der Waals surface area contributed by atoms with E-state index < -0.39 is 6.09 Å². The lowest BCUT2D eigenvalue weighted by Gasteiger charge is -2.09. The van der Waals surface area contributed by atoms with E-state index in [2.05, 4.69) is 15.6 Å². The molecule has 5 nitrogen and oxygen atoms in total. The number of thiazole rings is 1. The lowest BCUT2D eigenvalue weighted by molar-refractivity contribution is 0.147. The third-order valence-electron chi connectivity index (χ3n) is 2.36. The van der Waals surface area contributed by atoms with Gasteiger partial charge in [-0.1, -0.05) is 25.2 Å². The van der Waals surface area contributed by atoms with Crippen LogP contribution in [0.3, 0.4) is 0 Å². The molecule has 2 N–H and O–H groups in total. The molecule has 0 saturated carbocycles. The topological polar surface area (TPSA) is 63.2 Å². The van der Waals surface area contributed by atoms with Crippen LogP contribution in [-0.4, -0.2) is 24.2 Å². The standard InChI is InChI=1S/C11H17N3O2S/c1-7(2)6-16-11(15)14-10-13-8-3-4-12-5-9(8)17-10/h7,12H,3-6H2,1-2H3,(H,13,14,15). The molecule has 0 radical (unpaired) electrons. The summed E-state index contributed by atoms with van der Waals surface area (Å²) in [6.07, 6.45) is 0.506. The molecule has 0 saturated heterocycles. The molecule has 1 aliphatic rings. The summed E-state index contributed by atoms with van der Waals surface area (Å²) in [6, 6.07) is 0. The minimum atomic E-state index is -0.419. The van der Waals surface area contributed by atoms with Crippen molar-refractivity contribution in [1.29, 1.82) is 0 Å². The van der Waals surface area contributed by atoms with Gasteiger partial charge >= 0.3 is 6.09 Å². The summed E-state index contributed by atoms with van der Waals surface area (Å²) in [5, 5.41) is 6.58. The van der Waals surface area contributed by atoms with Crippen molar-refractivity contribution in [3.05, 3.63) is 10.6 Å². The summed E-state index contributed by atoms with van der Waals surface area (Å²) >= 11 is 1.51. The van der Waals surface area contributed by atoms with Gasteiger partial charge in [-0.2, -0.15) is 0 Å². The van der Waals surface area contributed by atoms with Crippen LogP contribution in [0.1, 0.15) is 24.4 Å². The van der Waals surface area contributed by atoms with Crippen LogP contribution in [0.5, 0.6) is 0 Å². The Balaban J connectivity index is 1.90. The highest BCUT2D eigenvalue weighted by Crippen LogP contribution is 2.25. The van der Waals surface area contributed by atoms with Crippen molar-refractivity contribution >= 4 is 22.6 Å². The number of hydrogen-bond donors (Lipinski definition) is 2. The van der Waals surface area contributed by atoms with Crippen molar-refractivity contribution in [3.8, 4) is 0 Å². The number of nitrogens with zero attached hydrogens (tertiary/aromatic N) is 1. The fourth-order valence-corrected chi connectivity index (χ4v) is 2.51. The quantitative estimate of drug-likeness (QED) is 0.867. The van der Waals surface area contributed by atoms with Crippen LogP contribution in [0, 0.1) is 5.92 Å². The summed E-state index contributed by atoms with van der Waals surface area (Å²) < 4.78 is 5.04. The van der Waals surface area contributed by atoms with E-state index in [1.807, 2.05) is 13.8 Å². The summed E-state index contributed by atoms with van der Waals surface area (Å²) in [4.78, 5) is 17.0. The van der Waals surface area contributed by atoms with E-state index in [0.717, 1.165) is 25.2 Å². The van der Waals surface area contributed by atoms with Crippen LogP contribution in [0.15, 0.2) is 0 Å². The molecular weight excluding hydrogens is 238 g/mol. The second-order valence-corrected chi connectivity index (χ2v) is 5.52. The molecule has 0 bridgehead atoms. The van der Waals surface area contributed by atoms with E-state index in [1.54, 1.807) is 0 Å². The third-order valence-corrected chi connectivity index (χ3v) is 3.37. The molecule has 0 spiro atoms. The second-order valence-electron chi connectivity index (χ2n) is 4.43. The maximum atomic E-state index is 11.4. The van der Waals surface area contributed by atoms with E-state index in [-0.39, 0.29) is 0 Å². The van der Waals surface area contributed by atoms with Gasteiger partial charge in [0.25, 0.3) is 0 Å². The highest BCUT2D eigenvalue weighted by molar-refractivity contribution is 7.15. The molecule has 94 valence electrons. The van der Waals surface area contributed by atoms with Crippen LogP contribution in [0.2, 0.25) is 0 Å². The molecule has 0 unspecified atom stereocenters. The lowest BCUT2D eigenvalue weighted by atomic mass is 10.2. The fraction of sp³-hybridized carbons (Fsp3) is 0.636. The lowest BCUT2D eigenvalue weighted by Crippen LogP contribution is -2.22. The summed E-state index contributed by atoms with van der Waals surface area (Å²) in [6.45, 7) is 6.23. The number of anilines is 1. The maximum Gasteiger partial charge on any atom is 0.413 e. The first-order valence-corrected chi connectivity index (χ1v) is 6.60. The number of nitrogens with one attached hydrogen (secondary N) is 2. The predicted octanol–water partition coefficient (Wildman–Crippen LogP) is 1.99. The molecular formula is C11H17N3O2S. The molecule has 0 aromatic carbocycles. The summed E-state index contributed by atoms with van der Waals surface area (Å²) in [5.74, 6) is 0.342. The molecule has 1 aromatic rings. The minimum Gasteiger partial charge on any atom is -0.449 e. The number of carbonyl (C=O) groups is 1. The average molecular weight is 255 g/mol. The fourth-order valence-electron chi connectivity index (χ4n) is 1.54. The van der Waals surface area contributed by atoms with Crippen molar-refractivity contribution in [2.24, 2.45) is 5.92 Å². The Morgan fingerprint density at radius 3 is 3.18 bits per heavy atom. The van der Waals surface area contributed by atoms with E-state index in [4.69, 9.17) is 4.74 Å². The van der Waals surface area contributed by atoms with Crippen molar-refractivity contribution in [2.45, 2.75) is 26.8 Å². The molecule has 2 rings (SSSR count). The molecule has 17 heavy (non-hydrogen) atoms. The molecule has 0 fully saturated rings. The molecule has 1 amide bonds. The Morgan fingerprint density at radius 2 is 2.47 bits per heavy atom. The van der Waals surface area contributed by atoms with Gasteiger partial charge in [-0.05, 0) is 5.92 Å². The highest BCUT2D eigenvalue weighted by atomic mass is 32.1. The number of amides is 1. The number of aromatic nitrogens is 1. The van der Waals surface area contributed by atoms with Gasteiger partial charge < -0.3 is 10.1 Å². The average Bonchev–Trinajstić information content (AvgIpc) is 2.68. The van der Waals surface area contributed by atoms with E-state index in [1.165, 1.54) is 16.2 Å². The van der Waals surface area contributed by atoms with Gasteiger partial charge in [-0.15, -0.1) is 0 Å². The van der Waals surface area contributed by atoms with Crippen molar-refractivity contribution in [2.75, 3.05) is 18.5 Å². The highest BCUT2D eigenvalue weighted by Gasteiger charge is 2.16. The Kier molecular flexibility index (Phi) is 3.96. The molecule has 1 aliphatic heterocycles. The van der Waals surface area contributed by atoms with Crippen LogP contribution >= 0.6 is 11.3 Å². The molecule has 0 atom stereocenters. The molecule has 1 aromatic heterocycles. The van der Waals surface area contributed by atoms with Gasteiger partial charge in [0.15, 0.2) is 5.13 Å². The van der Waals surface area contributed by atoms with Crippen LogP contribution < -0.4 is 10.6 Å². The molecule has 6 heteroatoms. The smallest absolute Gasteiger partial charge is 0.413 e. The number of rotatable bonds is 3. The van der Waals surface area contributed by atoms with Gasteiger partial charge in [0.2, 0.25) is 0 Å². The van der Waals surface area contributed by atoms with Gasteiger partial charge in [-0.25, -0.2) is 9.78 Å². The van der Waals surface area contributed by atoms with Crippen LogP contribution in [-0.2, 0) is 17.7 Å². The summed E-state index contributed by atoms with van der Waals surface area (Å²) in [7, 11) is 0. The zero-order chi connectivity index (χ0) is 12.3. The first-order valence-electron chi connectivity index (χ1n) is 5.78. The Bertz CT molecular complexity index is 380. The zero-order valence-corrected chi connectivity index (χ0v) is 10.9. The Labute approximate surface area is 105 Å². The van der Waals surface area contributed by atoms with Crippen molar-refractivity contribution in [1.82, 2.24) is 10.3 Å². The normalized spacial score (nSPS) is 14.5. The van der Waals surface area contributed by atoms with Gasteiger partial charge in [0.05, 0.1) is 12.3 Å². The largest absolute Gasteiger partial charge is 0.449 e. The van der Waals surface area contributed by atoms with Gasteiger partial charge in [0.1, 0.15) is 0 Å². The van der Waals surface area contributed by atoms with Crippen LogP contribution in [0.25, 0.3) is 0 Å². The van der Waals surface area contributed by atoms with E-state index >= 15 is 0 Å². The van der Waals surface area contributed by atoms with Gasteiger partial charge in [-0.3, -0.25) is 5.32 Å². The number of ether oxygens (including phenoxy) is 1. The first kappa shape index (κ1) is 12.3. The first-order chi connectivity index (χ1) is 8.15. The monoisotopic (exact) mass is 255 g/mol. The van der Waals surface area contributed by atoms with E-state index in [0.29, 0.717) is 17.7 Å². The van der Waals surface area contributed by atoms with Crippen molar-refractivity contribution < 1.29 is 9.53 Å². The predicted molar refractivity (Wildman–Crippen MR) is 67.3 cm³/mol. The number of carbonyl (C=O) groups excluding carboxylic acids is 1. The Hall–Kier alpha value is -1.14. The maximum absolute atomic E-state index is 11.4. The number of fused-ring (bicyclic) bond motifs is 1. The zero-order valence-electron chi connectivity index (χ0n) is 10.1. The Morgan fingerprint density at radius 1 is 1.65 bits per heavy atom. The second kappa shape index (κ2) is 5.46. The molecule has 2 heterocycles. The third kappa shape index (κ3) is 3.41. The van der Waals surface area contributed by atoms with Gasteiger partial charge in [0, 0.05) is 24.4 Å². The van der Waals surface area contributed by atoms with Crippen LogP contribution in [0.4, 0.5) is 9.93 Å². The van der Waals surface area contributed by atoms with Crippen molar-refractivity contribution in [3.63, 3.8) is 0 Å². The minimum absolute atomic E-state index is 0.342. The summed E-state index contributed by atoms with van der Waals surface area (Å²) in [5.41, 5.74) is 1.09.